The third-order valence-corrected chi connectivity index (χ3v) is 5.27. The van der Waals surface area contributed by atoms with Gasteiger partial charge in [-0.25, -0.2) is 4.98 Å². The molecule has 0 saturated heterocycles. The maximum atomic E-state index is 12.5. The Morgan fingerprint density at radius 1 is 0.935 bits per heavy atom. The Balaban J connectivity index is 1.46. The second kappa shape index (κ2) is 8.52. The number of hydrogen-bond donors (Lipinski definition) is 1. The number of ether oxygens (including phenoxy) is 2. The predicted molar refractivity (Wildman–Crippen MR) is 120 cm³/mol. The first-order valence-corrected chi connectivity index (χ1v) is 9.95. The summed E-state index contributed by atoms with van der Waals surface area (Å²) in [6, 6.07) is 16.9. The molecule has 0 aliphatic rings. The number of fused-ring (bicyclic) bond motifs is 1. The predicted octanol–water partition coefficient (Wildman–Crippen LogP) is 5.06. The van der Waals surface area contributed by atoms with Crippen molar-refractivity contribution in [1.29, 1.82) is 0 Å². The molecule has 4 aromatic rings. The zero-order chi connectivity index (χ0) is 22.0. The molecule has 1 heterocycles. The van der Waals surface area contributed by atoms with Crippen molar-refractivity contribution in [3.05, 3.63) is 76.9 Å². The van der Waals surface area contributed by atoms with E-state index in [-0.39, 0.29) is 5.91 Å². The molecule has 0 bridgehead atoms. The van der Waals surface area contributed by atoms with E-state index in [9.17, 15) is 4.79 Å². The van der Waals surface area contributed by atoms with Crippen LogP contribution in [-0.2, 0) is 6.54 Å². The number of benzene rings is 3. The van der Waals surface area contributed by atoms with Crippen LogP contribution in [0.2, 0.25) is 0 Å². The fourth-order valence-corrected chi connectivity index (χ4v) is 3.29. The molecule has 0 atom stereocenters. The van der Waals surface area contributed by atoms with Crippen molar-refractivity contribution < 1.29 is 18.7 Å². The zero-order valence-corrected chi connectivity index (χ0v) is 18.0. The maximum absolute atomic E-state index is 12.5. The highest BCUT2D eigenvalue weighted by Gasteiger charge is 2.12. The third-order valence-electron chi connectivity index (χ3n) is 5.27. The van der Waals surface area contributed by atoms with Gasteiger partial charge in [0, 0.05) is 23.7 Å². The Kier molecular flexibility index (Phi) is 5.62. The highest BCUT2D eigenvalue weighted by Crippen LogP contribution is 2.27. The average Bonchev–Trinajstić information content (AvgIpc) is 3.20. The van der Waals surface area contributed by atoms with Crippen LogP contribution in [0.1, 0.15) is 27.0 Å². The lowest BCUT2D eigenvalue weighted by Crippen LogP contribution is -2.22. The van der Waals surface area contributed by atoms with E-state index in [0.29, 0.717) is 29.5 Å². The summed E-state index contributed by atoms with van der Waals surface area (Å²) in [4.78, 5) is 17.2. The summed E-state index contributed by atoms with van der Waals surface area (Å²) >= 11 is 0. The van der Waals surface area contributed by atoms with Crippen molar-refractivity contribution in [2.45, 2.75) is 20.4 Å². The lowest BCUT2D eigenvalue weighted by molar-refractivity contribution is 0.0950. The number of aryl methyl sites for hydroxylation is 2. The van der Waals surface area contributed by atoms with E-state index in [1.54, 1.807) is 32.4 Å². The first-order valence-electron chi connectivity index (χ1n) is 9.95. The van der Waals surface area contributed by atoms with Crippen LogP contribution in [0.15, 0.2) is 59.0 Å². The number of nitrogens with zero attached hydrogens (tertiary/aromatic N) is 1. The third kappa shape index (κ3) is 4.38. The number of oxazole rings is 1. The molecule has 0 spiro atoms. The number of carbonyl (C=O) groups excluding carboxylic acids is 1. The first kappa shape index (κ1) is 20.5. The van der Waals surface area contributed by atoms with Gasteiger partial charge in [0.05, 0.1) is 14.2 Å². The Bertz CT molecular complexity index is 1180. The molecule has 0 fully saturated rings. The van der Waals surface area contributed by atoms with E-state index in [1.807, 2.05) is 36.4 Å². The van der Waals surface area contributed by atoms with Crippen molar-refractivity contribution in [3.8, 4) is 23.0 Å². The number of nitrogens with one attached hydrogen (secondary N) is 1. The first-order chi connectivity index (χ1) is 15.0. The van der Waals surface area contributed by atoms with Gasteiger partial charge in [-0.2, -0.15) is 0 Å². The van der Waals surface area contributed by atoms with E-state index in [4.69, 9.17) is 13.9 Å². The van der Waals surface area contributed by atoms with Crippen molar-refractivity contribution in [2.24, 2.45) is 0 Å². The molecule has 1 amide bonds. The molecule has 0 aliphatic carbocycles. The van der Waals surface area contributed by atoms with Crippen LogP contribution in [-0.4, -0.2) is 25.1 Å². The molecule has 1 N–H and O–H groups in total. The Morgan fingerprint density at radius 3 is 2.23 bits per heavy atom. The lowest BCUT2D eigenvalue weighted by Gasteiger charge is -2.09. The van der Waals surface area contributed by atoms with Crippen molar-refractivity contribution in [2.75, 3.05) is 14.2 Å². The fourth-order valence-electron chi connectivity index (χ4n) is 3.29. The van der Waals surface area contributed by atoms with Crippen molar-refractivity contribution >= 4 is 17.0 Å². The minimum atomic E-state index is -0.203. The van der Waals surface area contributed by atoms with E-state index >= 15 is 0 Å². The van der Waals surface area contributed by atoms with E-state index < -0.39 is 0 Å². The van der Waals surface area contributed by atoms with Gasteiger partial charge in [0.1, 0.15) is 17.0 Å². The number of rotatable bonds is 6. The highest BCUT2D eigenvalue weighted by atomic mass is 16.5. The van der Waals surface area contributed by atoms with Crippen LogP contribution in [0.3, 0.4) is 0 Å². The molecule has 6 heteroatoms. The standard InChI is InChI=1S/C25H24N2O4/c1-15-9-22-23(10-16(15)2)31-25(27-22)18-7-5-17(6-8-18)14-26-24(28)19-11-20(29-3)13-21(12-19)30-4/h5-13H,14H2,1-4H3,(H,26,28). The number of amides is 1. The summed E-state index contributed by atoms with van der Waals surface area (Å²) in [5.74, 6) is 1.51. The van der Waals surface area contributed by atoms with Crippen LogP contribution in [0.4, 0.5) is 0 Å². The smallest absolute Gasteiger partial charge is 0.251 e. The summed E-state index contributed by atoms with van der Waals surface area (Å²) in [5.41, 5.74) is 6.33. The average molecular weight is 416 g/mol. The number of hydrogen-bond acceptors (Lipinski definition) is 5. The molecule has 158 valence electrons. The molecule has 1 aromatic heterocycles. The normalized spacial score (nSPS) is 10.8. The van der Waals surface area contributed by atoms with Crippen LogP contribution in [0.25, 0.3) is 22.6 Å². The fraction of sp³-hybridized carbons (Fsp3) is 0.200. The molecular weight excluding hydrogens is 392 g/mol. The molecule has 0 saturated carbocycles. The van der Waals surface area contributed by atoms with Crippen LogP contribution < -0.4 is 14.8 Å². The summed E-state index contributed by atoms with van der Waals surface area (Å²) in [7, 11) is 3.11. The summed E-state index contributed by atoms with van der Waals surface area (Å²) in [5, 5.41) is 2.92. The highest BCUT2D eigenvalue weighted by molar-refractivity contribution is 5.95. The van der Waals surface area contributed by atoms with Crippen LogP contribution >= 0.6 is 0 Å². The van der Waals surface area contributed by atoms with E-state index in [1.165, 1.54) is 11.1 Å². The molecule has 0 aliphatic heterocycles. The largest absolute Gasteiger partial charge is 0.497 e. The molecule has 31 heavy (non-hydrogen) atoms. The Labute approximate surface area is 180 Å². The zero-order valence-electron chi connectivity index (χ0n) is 18.0. The van der Waals surface area contributed by atoms with E-state index in [0.717, 1.165) is 22.2 Å². The quantitative estimate of drug-likeness (QED) is 0.476. The number of methoxy groups -OCH3 is 2. The molecule has 4 rings (SSSR count). The molecule has 0 radical (unpaired) electrons. The number of carbonyl (C=O) groups is 1. The Morgan fingerprint density at radius 2 is 1.58 bits per heavy atom. The molecular formula is C25H24N2O4. The second-order valence-corrected chi connectivity index (χ2v) is 7.40. The van der Waals surface area contributed by atoms with Gasteiger partial charge in [-0.05, 0) is 66.9 Å². The molecule has 3 aromatic carbocycles. The SMILES string of the molecule is COc1cc(OC)cc(C(=O)NCc2ccc(-c3nc4cc(C)c(C)cc4o3)cc2)c1. The van der Waals surface area contributed by atoms with Gasteiger partial charge < -0.3 is 19.2 Å². The van der Waals surface area contributed by atoms with Crippen LogP contribution in [0, 0.1) is 13.8 Å². The van der Waals surface area contributed by atoms with Gasteiger partial charge in [0.15, 0.2) is 5.58 Å². The van der Waals surface area contributed by atoms with Crippen LogP contribution in [0.5, 0.6) is 11.5 Å². The summed E-state index contributed by atoms with van der Waals surface area (Å²) < 4.78 is 16.4. The van der Waals surface area contributed by atoms with Crippen molar-refractivity contribution in [1.82, 2.24) is 10.3 Å². The molecule has 0 unspecified atom stereocenters. The monoisotopic (exact) mass is 416 g/mol. The summed E-state index contributed by atoms with van der Waals surface area (Å²) in [6.45, 7) is 4.51. The maximum Gasteiger partial charge on any atom is 0.251 e. The minimum absolute atomic E-state index is 0.203. The minimum Gasteiger partial charge on any atom is -0.497 e. The molecule has 6 nitrogen and oxygen atoms in total. The van der Waals surface area contributed by atoms with Gasteiger partial charge in [0.25, 0.3) is 5.91 Å². The second-order valence-electron chi connectivity index (χ2n) is 7.40. The van der Waals surface area contributed by atoms with Gasteiger partial charge in [-0.15, -0.1) is 0 Å². The van der Waals surface area contributed by atoms with Gasteiger partial charge in [-0.3, -0.25) is 4.79 Å². The topological polar surface area (TPSA) is 73.6 Å². The van der Waals surface area contributed by atoms with Gasteiger partial charge in [0.2, 0.25) is 5.89 Å². The van der Waals surface area contributed by atoms with Gasteiger partial charge >= 0.3 is 0 Å². The number of aromatic nitrogens is 1. The van der Waals surface area contributed by atoms with Crippen molar-refractivity contribution in [3.63, 3.8) is 0 Å². The summed E-state index contributed by atoms with van der Waals surface area (Å²) in [6.07, 6.45) is 0. The van der Waals surface area contributed by atoms with Gasteiger partial charge in [-0.1, -0.05) is 12.1 Å². The Hall–Kier alpha value is -3.80. The lowest BCUT2D eigenvalue weighted by atomic mass is 10.1. The van der Waals surface area contributed by atoms with E-state index in [2.05, 4.69) is 24.1 Å².